The second-order valence-electron chi connectivity index (χ2n) is 8.52. The van der Waals surface area contributed by atoms with Gasteiger partial charge in [0.2, 0.25) is 5.91 Å². The van der Waals surface area contributed by atoms with Crippen molar-refractivity contribution in [1.29, 1.82) is 0 Å². The summed E-state index contributed by atoms with van der Waals surface area (Å²) in [5.74, 6) is 0.296. The lowest BCUT2D eigenvalue weighted by molar-refractivity contribution is -0.126. The van der Waals surface area contributed by atoms with Gasteiger partial charge < -0.3 is 11.1 Å². The van der Waals surface area contributed by atoms with Gasteiger partial charge in [0, 0.05) is 18.0 Å². The highest BCUT2D eigenvalue weighted by molar-refractivity contribution is 5.79. The van der Waals surface area contributed by atoms with Crippen LogP contribution in [0.5, 0.6) is 0 Å². The lowest BCUT2D eigenvalue weighted by Crippen LogP contribution is -2.50. The van der Waals surface area contributed by atoms with E-state index in [4.69, 9.17) is 5.73 Å². The van der Waals surface area contributed by atoms with Crippen LogP contribution in [0.3, 0.4) is 0 Å². The molecule has 0 radical (unpaired) electrons. The topological polar surface area (TPSA) is 55.1 Å². The third-order valence-electron chi connectivity index (χ3n) is 6.24. The minimum Gasteiger partial charge on any atom is -0.352 e. The molecule has 0 aromatic heterocycles. The second-order valence-corrected chi connectivity index (χ2v) is 8.52. The highest BCUT2D eigenvalue weighted by atomic mass is 16.1. The summed E-state index contributed by atoms with van der Waals surface area (Å²) in [7, 11) is 0. The van der Waals surface area contributed by atoms with Gasteiger partial charge in [-0.3, -0.25) is 4.79 Å². The van der Waals surface area contributed by atoms with Crippen molar-refractivity contribution in [2.75, 3.05) is 0 Å². The van der Waals surface area contributed by atoms with Crippen LogP contribution in [0.25, 0.3) is 0 Å². The molecule has 0 unspecified atom stereocenters. The van der Waals surface area contributed by atoms with Crippen molar-refractivity contribution in [3.8, 4) is 0 Å². The third kappa shape index (κ3) is 7.32. The second kappa shape index (κ2) is 11.8. The molecular formula is C26H36N2O. The van der Waals surface area contributed by atoms with Crippen molar-refractivity contribution < 1.29 is 4.79 Å². The van der Waals surface area contributed by atoms with E-state index in [1.165, 1.54) is 24.0 Å². The molecule has 2 aromatic rings. The number of nitrogens with two attached hydrogens (primary N) is 1. The number of carbonyl (C=O) groups excluding carboxylic acids is 1. The van der Waals surface area contributed by atoms with Gasteiger partial charge >= 0.3 is 0 Å². The van der Waals surface area contributed by atoms with E-state index in [0.717, 1.165) is 51.4 Å². The molecular weight excluding hydrogens is 356 g/mol. The maximum atomic E-state index is 13.1. The van der Waals surface area contributed by atoms with Gasteiger partial charge in [0.1, 0.15) is 0 Å². The van der Waals surface area contributed by atoms with E-state index in [1.54, 1.807) is 0 Å². The van der Waals surface area contributed by atoms with Crippen molar-refractivity contribution in [1.82, 2.24) is 5.32 Å². The maximum absolute atomic E-state index is 13.1. The fourth-order valence-corrected chi connectivity index (χ4v) is 4.44. The molecule has 2 atom stereocenters. The molecule has 156 valence electrons. The molecule has 1 aliphatic carbocycles. The Labute approximate surface area is 176 Å². The first-order valence-corrected chi connectivity index (χ1v) is 11.4. The number of nitrogens with one attached hydrogen (secondary N) is 1. The minimum atomic E-state index is 0.0801. The Morgan fingerprint density at radius 3 is 1.90 bits per heavy atom. The zero-order valence-corrected chi connectivity index (χ0v) is 17.6. The summed E-state index contributed by atoms with van der Waals surface area (Å²) in [5, 5.41) is 3.30. The van der Waals surface area contributed by atoms with Gasteiger partial charge in [0.15, 0.2) is 0 Å². The zero-order valence-electron chi connectivity index (χ0n) is 17.6. The Hall–Kier alpha value is -2.13. The van der Waals surface area contributed by atoms with Gasteiger partial charge in [-0.25, -0.2) is 0 Å². The molecule has 29 heavy (non-hydrogen) atoms. The van der Waals surface area contributed by atoms with Gasteiger partial charge in [-0.1, -0.05) is 73.5 Å². The van der Waals surface area contributed by atoms with E-state index in [9.17, 15) is 4.79 Å². The highest BCUT2D eigenvalue weighted by Gasteiger charge is 2.26. The predicted molar refractivity (Wildman–Crippen MR) is 121 cm³/mol. The third-order valence-corrected chi connectivity index (χ3v) is 6.24. The van der Waals surface area contributed by atoms with Crippen LogP contribution >= 0.6 is 0 Å². The van der Waals surface area contributed by atoms with Crippen LogP contribution in [0.4, 0.5) is 0 Å². The molecule has 3 nitrogen and oxygen atoms in total. The van der Waals surface area contributed by atoms with E-state index < -0.39 is 0 Å². The van der Waals surface area contributed by atoms with Crippen LogP contribution in [0.1, 0.15) is 62.5 Å². The maximum Gasteiger partial charge on any atom is 0.223 e. The van der Waals surface area contributed by atoms with Gasteiger partial charge in [-0.15, -0.1) is 0 Å². The van der Waals surface area contributed by atoms with Gasteiger partial charge in [0.25, 0.3) is 0 Å². The Kier molecular flexibility index (Phi) is 8.76. The lowest BCUT2D eigenvalue weighted by atomic mass is 9.89. The summed E-state index contributed by atoms with van der Waals surface area (Å²) in [5.41, 5.74) is 8.97. The van der Waals surface area contributed by atoms with E-state index >= 15 is 0 Å². The quantitative estimate of drug-likeness (QED) is 0.595. The average Bonchev–Trinajstić information content (AvgIpc) is 2.76. The Morgan fingerprint density at radius 1 is 0.862 bits per heavy atom. The Bertz CT molecular complexity index is 671. The van der Waals surface area contributed by atoms with Crippen LogP contribution in [0.15, 0.2) is 60.7 Å². The number of hydrogen-bond acceptors (Lipinski definition) is 2. The first-order chi connectivity index (χ1) is 14.2. The predicted octanol–water partition coefficient (Wildman–Crippen LogP) is 5.03. The largest absolute Gasteiger partial charge is 0.352 e. The van der Waals surface area contributed by atoms with E-state index in [-0.39, 0.29) is 23.9 Å². The van der Waals surface area contributed by atoms with Crippen molar-refractivity contribution in [3.05, 3.63) is 71.8 Å². The molecule has 1 aliphatic rings. The number of aryl methyl sites for hydroxylation is 2. The molecule has 1 saturated carbocycles. The van der Waals surface area contributed by atoms with Gasteiger partial charge in [-0.05, 0) is 62.5 Å². The van der Waals surface area contributed by atoms with Crippen LogP contribution < -0.4 is 11.1 Å². The summed E-state index contributed by atoms with van der Waals surface area (Å²) in [6, 6.07) is 21.4. The van der Waals surface area contributed by atoms with Gasteiger partial charge in [-0.2, -0.15) is 0 Å². The Balaban J connectivity index is 1.52. The summed E-state index contributed by atoms with van der Waals surface area (Å²) in [6.45, 7) is 0. The number of hydrogen-bond donors (Lipinski definition) is 2. The van der Waals surface area contributed by atoms with Crippen molar-refractivity contribution in [2.45, 2.75) is 76.3 Å². The van der Waals surface area contributed by atoms with Crippen LogP contribution in [-0.2, 0) is 17.6 Å². The normalized spacial score (nSPS) is 19.2. The summed E-state index contributed by atoms with van der Waals surface area (Å²) >= 11 is 0. The molecule has 1 fully saturated rings. The number of carbonyl (C=O) groups is 1. The first kappa shape index (κ1) is 21.6. The van der Waals surface area contributed by atoms with Crippen LogP contribution in [0.2, 0.25) is 0 Å². The number of rotatable bonds is 10. The SMILES string of the molecule is N[C@H]1CCCC[C@H]1NC(=O)C(CCCc1ccccc1)CCCc1ccccc1. The number of benzene rings is 2. The average molecular weight is 393 g/mol. The van der Waals surface area contributed by atoms with E-state index in [1.807, 2.05) is 0 Å². The lowest BCUT2D eigenvalue weighted by Gasteiger charge is -2.31. The molecule has 3 rings (SSSR count). The van der Waals surface area contributed by atoms with Crippen molar-refractivity contribution >= 4 is 5.91 Å². The monoisotopic (exact) mass is 392 g/mol. The van der Waals surface area contributed by atoms with Crippen LogP contribution in [0, 0.1) is 5.92 Å². The van der Waals surface area contributed by atoms with Crippen molar-refractivity contribution in [2.24, 2.45) is 11.7 Å². The van der Waals surface area contributed by atoms with E-state index in [2.05, 4.69) is 66.0 Å². The smallest absolute Gasteiger partial charge is 0.223 e. The number of amides is 1. The molecule has 0 saturated heterocycles. The molecule has 3 heteroatoms. The van der Waals surface area contributed by atoms with Gasteiger partial charge in [0.05, 0.1) is 0 Å². The van der Waals surface area contributed by atoms with Crippen molar-refractivity contribution in [3.63, 3.8) is 0 Å². The fourth-order valence-electron chi connectivity index (χ4n) is 4.44. The molecule has 1 amide bonds. The van der Waals surface area contributed by atoms with Crippen LogP contribution in [-0.4, -0.2) is 18.0 Å². The molecule has 2 aromatic carbocycles. The fraction of sp³-hybridized carbons (Fsp3) is 0.500. The standard InChI is InChI=1S/C26H36N2O/c27-24-19-7-8-20-25(24)28-26(29)23(17-9-15-21-11-3-1-4-12-21)18-10-16-22-13-5-2-6-14-22/h1-6,11-14,23-25H,7-10,15-20,27H2,(H,28,29)/t24-,25+/m0/s1. The summed E-state index contributed by atoms with van der Waals surface area (Å²) in [4.78, 5) is 13.1. The summed E-state index contributed by atoms with van der Waals surface area (Å²) < 4.78 is 0. The first-order valence-electron chi connectivity index (χ1n) is 11.4. The summed E-state index contributed by atoms with van der Waals surface area (Å²) in [6.07, 6.45) is 10.4. The molecule has 3 N–H and O–H groups in total. The Morgan fingerprint density at radius 2 is 1.38 bits per heavy atom. The molecule has 0 bridgehead atoms. The molecule has 0 aliphatic heterocycles. The highest BCUT2D eigenvalue weighted by Crippen LogP contribution is 2.21. The molecule has 0 spiro atoms. The minimum absolute atomic E-state index is 0.0801. The van der Waals surface area contributed by atoms with E-state index in [0.29, 0.717) is 0 Å². The zero-order chi connectivity index (χ0) is 20.3. The molecule has 0 heterocycles.